The number of carbonyl (C=O) groups excluding carboxylic acids is 1. The van der Waals surface area contributed by atoms with Gasteiger partial charge in [-0.3, -0.25) is 0 Å². The lowest BCUT2D eigenvalue weighted by molar-refractivity contribution is 0.486. The fraction of sp³-hybridized carbons (Fsp3) is 0.833. The van der Waals surface area contributed by atoms with Crippen LogP contribution in [-0.2, 0) is 4.79 Å². The smallest absolute Gasteiger partial charge is 0.211 e. The van der Waals surface area contributed by atoms with Crippen molar-refractivity contribution in [3.8, 4) is 0 Å². The summed E-state index contributed by atoms with van der Waals surface area (Å²) in [4.78, 5) is 13.4. The maximum absolute atomic E-state index is 9.80. The van der Waals surface area contributed by atoms with E-state index in [1.54, 1.807) is 0 Å². The lowest BCUT2D eigenvalue weighted by Crippen LogP contribution is -2.19. The van der Waals surface area contributed by atoms with E-state index in [9.17, 15) is 4.79 Å². The van der Waals surface area contributed by atoms with Gasteiger partial charge >= 0.3 is 0 Å². The fourth-order valence-corrected chi connectivity index (χ4v) is 0.291. The monoisotopic (exact) mass is 191 g/mol. The van der Waals surface area contributed by atoms with Gasteiger partial charge in [0.1, 0.15) is 4.45 Å². The minimum atomic E-state index is -0.436. The van der Waals surface area contributed by atoms with Crippen LogP contribution in [0.5, 0.6) is 0 Å². The molecule has 0 radical (unpaired) electrons. The minimum absolute atomic E-state index is 0.305. The lowest BCUT2D eigenvalue weighted by Gasteiger charge is -2.18. The van der Waals surface area contributed by atoms with Crippen LogP contribution in [0.4, 0.5) is 0 Å². The van der Waals surface area contributed by atoms with Gasteiger partial charge < -0.3 is 0 Å². The summed E-state index contributed by atoms with van der Waals surface area (Å²) < 4.78 is -0.436. The molecule has 0 rings (SSSR count). The van der Waals surface area contributed by atoms with E-state index >= 15 is 0 Å². The van der Waals surface area contributed by atoms with E-state index in [0.717, 1.165) is 0 Å². The molecule has 2 nitrogen and oxygen atoms in total. The Bertz CT molecular complexity index is 136. The summed E-state index contributed by atoms with van der Waals surface area (Å²) in [6.07, 6.45) is 1.52. The maximum atomic E-state index is 9.80. The number of rotatable bonds is 2. The van der Waals surface area contributed by atoms with E-state index < -0.39 is 4.45 Å². The highest BCUT2D eigenvalue weighted by molar-refractivity contribution is 9.10. The third kappa shape index (κ3) is 2.78. The van der Waals surface area contributed by atoms with Gasteiger partial charge in [0.05, 0.1) is 0 Å². The highest BCUT2D eigenvalue weighted by atomic mass is 79.9. The predicted octanol–water partition coefficient (Wildman–Crippen LogP) is 2.09. The summed E-state index contributed by atoms with van der Waals surface area (Å²) in [6, 6.07) is 0. The van der Waals surface area contributed by atoms with Crippen LogP contribution in [0.1, 0.15) is 20.8 Å². The molecule has 0 fully saturated rings. The van der Waals surface area contributed by atoms with Gasteiger partial charge in [0.15, 0.2) is 0 Å². The molecule has 0 bridgehead atoms. The molecule has 1 atom stereocenters. The molecule has 0 amide bonds. The number of aliphatic imine (C=N–C) groups is 1. The van der Waals surface area contributed by atoms with E-state index in [1.165, 1.54) is 6.08 Å². The number of halogens is 1. The van der Waals surface area contributed by atoms with E-state index in [1.807, 2.05) is 20.8 Å². The largest absolute Gasteiger partial charge is 0.236 e. The lowest BCUT2D eigenvalue weighted by atomic mass is 10.1. The number of hydrogen-bond donors (Lipinski definition) is 0. The van der Waals surface area contributed by atoms with Crippen molar-refractivity contribution in [1.29, 1.82) is 0 Å². The van der Waals surface area contributed by atoms with Crippen molar-refractivity contribution in [3.05, 3.63) is 0 Å². The van der Waals surface area contributed by atoms with Gasteiger partial charge in [-0.2, -0.15) is 4.99 Å². The first-order chi connectivity index (χ1) is 4.00. The van der Waals surface area contributed by atoms with Gasteiger partial charge in [-0.05, 0) is 12.8 Å². The molecule has 0 saturated heterocycles. The van der Waals surface area contributed by atoms with Crippen LogP contribution in [0.25, 0.3) is 0 Å². The van der Waals surface area contributed by atoms with Crippen molar-refractivity contribution in [2.24, 2.45) is 10.9 Å². The Kier molecular flexibility index (Phi) is 3.09. The topological polar surface area (TPSA) is 29.4 Å². The second-order valence-corrected chi connectivity index (χ2v) is 3.99. The highest BCUT2D eigenvalue weighted by Crippen LogP contribution is 2.27. The van der Waals surface area contributed by atoms with E-state index in [2.05, 4.69) is 20.9 Å². The standard InChI is InChI=1S/C6H10BrNO/c1-5(2)6(3,7)8-4-9/h5H,1-3H3. The van der Waals surface area contributed by atoms with Gasteiger partial charge in [-0.1, -0.05) is 29.8 Å². The van der Waals surface area contributed by atoms with E-state index in [0.29, 0.717) is 5.92 Å². The molecule has 0 saturated carbocycles. The third-order valence-electron chi connectivity index (χ3n) is 1.32. The Labute approximate surface area is 63.5 Å². The number of hydrogen-bond acceptors (Lipinski definition) is 2. The van der Waals surface area contributed by atoms with Crippen molar-refractivity contribution in [1.82, 2.24) is 0 Å². The molecule has 1 unspecified atom stereocenters. The Morgan fingerprint density at radius 1 is 1.67 bits per heavy atom. The number of alkyl halides is 1. The van der Waals surface area contributed by atoms with Crippen LogP contribution in [0.2, 0.25) is 0 Å². The number of isocyanates is 1. The Hall–Kier alpha value is -0.140. The minimum Gasteiger partial charge on any atom is -0.211 e. The van der Waals surface area contributed by atoms with Crippen molar-refractivity contribution < 1.29 is 4.79 Å². The predicted molar refractivity (Wildman–Crippen MR) is 40.3 cm³/mol. The highest BCUT2D eigenvalue weighted by Gasteiger charge is 2.22. The first-order valence-corrected chi connectivity index (χ1v) is 3.58. The van der Waals surface area contributed by atoms with E-state index in [4.69, 9.17) is 0 Å². The van der Waals surface area contributed by atoms with Crippen molar-refractivity contribution >= 4 is 22.0 Å². The first-order valence-electron chi connectivity index (χ1n) is 2.78. The maximum Gasteiger partial charge on any atom is 0.236 e. The molecule has 0 aromatic rings. The Morgan fingerprint density at radius 3 is 2.22 bits per heavy atom. The Balaban J connectivity index is 4.18. The summed E-state index contributed by atoms with van der Waals surface area (Å²) in [5, 5.41) is 0. The van der Waals surface area contributed by atoms with Gasteiger partial charge in [-0.15, -0.1) is 0 Å². The van der Waals surface area contributed by atoms with Crippen LogP contribution in [-0.4, -0.2) is 10.5 Å². The molecular formula is C6H10BrNO. The fourth-order valence-electron chi connectivity index (χ4n) is 0.218. The molecule has 3 heteroatoms. The van der Waals surface area contributed by atoms with Crippen LogP contribution in [0, 0.1) is 5.92 Å². The molecule has 0 aliphatic heterocycles. The number of nitrogens with zero attached hydrogens (tertiary/aromatic N) is 1. The molecule has 52 valence electrons. The molecule has 0 N–H and O–H groups in total. The molecule has 0 aliphatic rings. The normalized spacial score (nSPS) is 16.6. The molecule has 9 heavy (non-hydrogen) atoms. The zero-order valence-corrected chi connectivity index (χ0v) is 7.40. The third-order valence-corrected chi connectivity index (χ3v) is 2.41. The van der Waals surface area contributed by atoms with Crippen LogP contribution in [0.3, 0.4) is 0 Å². The second-order valence-electron chi connectivity index (χ2n) is 2.38. The zero-order chi connectivity index (χ0) is 7.49. The van der Waals surface area contributed by atoms with Gasteiger partial charge in [0, 0.05) is 0 Å². The summed E-state index contributed by atoms with van der Waals surface area (Å²) in [6.45, 7) is 5.80. The van der Waals surface area contributed by atoms with Crippen LogP contribution >= 0.6 is 15.9 Å². The molecule has 0 spiro atoms. The quantitative estimate of drug-likeness (QED) is 0.285. The van der Waals surface area contributed by atoms with Crippen molar-refractivity contribution in [2.75, 3.05) is 0 Å². The second kappa shape index (κ2) is 3.14. The summed E-state index contributed by atoms with van der Waals surface area (Å²) >= 11 is 3.28. The summed E-state index contributed by atoms with van der Waals surface area (Å²) in [5.41, 5.74) is 0. The molecule has 0 aromatic heterocycles. The van der Waals surface area contributed by atoms with Gasteiger partial charge in [0.25, 0.3) is 0 Å². The van der Waals surface area contributed by atoms with Crippen molar-refractivity contribution in [3.63, 3.8) is 0 Å². The van der Waals surface area contributed by atoms with E-state index in [-0.39, 0.29) is 0 Å². The summed E-state index contributed by atoms with van der Waals surface area (Å²) in [5.74, 6) is 0.305. The average Bonchev–Trinajstić information content (AvgIpc) is 1.65. The molecule has 0 heterocycles. The average molecular weight is 192 g/mol. The van der Waals surface area contributed by atoms with Gasteiger partial charge in [-0.25, -0.2) is 4.79 Å². The molecule has 0 aromatic carbocycles. The Morgan fingerprint density at radius 2 is 2.11 bits per heavy atom. The molecule has 0 aliphatic carbocycles. The SMILES string of the molecule is CC(C)C(C)(Br)N=C=O. The molecular weight excluding hydrogens is 182 g/mol. The first kappa shape index (κ1) is 8.86. The summed E-state index contributed by atoms with van der Waals surface area (Å²) in [7, 11) is 0. The van der Waals surface area contributed by atoms with Crippen molar-refractivity contribution in [2.45, 2.75) is 25.2 Å². The van der Waals surface area contributed by atoms with Crippen LogP contribution in [0.15, 0.2) is 4.99 Å². The van der Waals surface area contributed by atoms with Crippen LogP contribution < -0.4 is 0 Å². The zero-order valence-electron chi connectivity index (χ0n) is 5.81. The van der Waals surface area contributed by atoms with Gasteiger partial charge in [0.2, 0.25) is 6.08 Å².